The van der Waals surface area contributed by atoms with Crippen LogP contribution < -0.4 is 5.73 Å². The molecule has 1 heterocycles. The minimum atomic E-state index is 0.364. The highest BCUT2D eigenvalue weighted by molar-refractivity contribution is 5.55. The number of nitrogen functional groups attached to an aromatic ring is 1. The second-order valence-corrected chi connectivity index (χ2v) is 6.13. The normalized spacial score (nSPS) is 15.0. The highest BCUT2D eigenvalue weighted by Crippen LogP contribution is 2.30. The van der Waals surface area contributed by atoms with Crippen LogP contribution in [-0.4, -0.2) is 5.11 Å². The van der Waals surface area contributed by atoms with E-state index in [9.17, 15) is 5.11 Å². The van der Waals surface area contributed by atoms with Crippen molar-refractivity contribution >= 4 is 5.69 Å². The first-order chi connectivity index (χ1) is 10.6. The second-order valence-electron chi connectivity index (χ2n) is 6.13. The fourth-order valence-electron chi connectivity index (χ4n) is 3.33. The average molecular weight is 297 g/mol. The van der Waals surface area contributed by atoms with Crippen molar-refractivity contribution in [3.63, 3.8) is 0 Å². The molecule has 0 atom stereocenters. The first kappa shape index (κ1) is 14.9. The Morgan fingerprint density at radius 1 is 0.864 bits per heavy atom. The van der Waals surface area contributed by atoms with Crippen molar-refractivity contribution in [1.29, 1.82) is 0 Å². The van der Waals surface area contributed by atoms with Gasteiger partial charge in [-0.1, -0.05) is 12.1 Å². The lowest BCUT2D eigenvalue weighted by atomic mass is 10.0. The minimum absolute atomic E-state index is 0.364. The van der Waals surface area contributed by atoms with E-state index >= 15 is 0 Å². The van der Waals surface area contributed by atoms with Gasteiger partial charge in [0.2, 0.25) is 0 Å². The Morgan fingerprint density at radius 2 is 1.50 bits per heavy atom. The lowest BCUT2D eigenvalue weighted by molar-refractivity contribution is 0.133. The largest absolute Gasteiger partial charge is 0.508 e. The van der Waals surface area contributed by atoms with Gasteiger partial charge >= 0.3 is 0 Å². The molecular formula is C19H23NO2. The van der Waals surface area contributed by atoms with Gasteiger partial charge in [-0.15, -0.1) is 0 Å². The molecule has 0 saturated carbocycles. The van der Waals surface area contributed by atoms with E-state index in [1.807, 2.05) is 19.1 Å². The van der Waals surface area contributed by atoms with Crippen LogP contribution in [-0.2, 0) is 30.8 Å². The number of ether oxygens (including phenoxy) is 1. The lowest BCUT2D eigenvalue weighted by Crippen LogP contribution is -1.94. The summed E-state index contributed by atoms with van der Waals surface area (Å²) in [6, 6.07) is 7.80. The van der Waals surface area contributed by atoms with E-state index in [2.05, 4.69) is 13.0 Å². The molecule has 3 nitrogen and oxygen atoms in total. The molecule has 2 aromatic carbocycles. The predicted octanol–water partition coefficient (Wildman–Crippen LogP) is 3.80. The number of nitrogens with two attached hydrogens (primary N) is 1. The van der Waals surface area contributed by atoms with Gasteiger partial charge in [0.25, 0.3) is 0 Å². The summed E-state index contributed by atoms with van der Waals surface area (Å²) in [5, 5.41) is 9.38. The summed E-state index contributed by atoms with van der Waals surface area (Å²) in [6.45, 7) is 5.41. The molecule has 0 aromatic heterocycles. The molecule has 1 aliphatic carbocycles. The van der Waals surface area contributed by atoms with Crippen LogP contribution in [0.4, 0.5) is 5.69 Å². The van der Waals surface area contributed by atoms with Crippen LogP contribution in [0.15, 0.2) is 24.3 Å². The SMILES string of the molecule is Cc1ccc(N)c2c1CCC2.Cc1ccc(O)c2c1COC2. The van der Waals surface area contributed by atoms with Gasteiger partial charge in [0.15, 0.2) is 0 Å². The average Bonchev–Trinajstić information content (AvgIpc) is 3.17. The number of aromatic hydroxyl groups is 1. The molecule has 2 aromatic rings. The summed E-state index contributed by atoms with van der Waals surface area (Å²) in [4.78, 5) is 0. The molecule has 0 fully saturated rings. The Morgan fingerprint density at radius 3 is 2.23 bits per heavy atom. The number of hydrogen-bond donors (Lipinski definition) is 2. The topological polar surface area (TPSA) is 55.5 Å². The molecule has 2 aliphatic rings. The van der Waals surface area contributed by atoms with E-state index < -0.39 is 0 Å². The number of fused-ring (bicyclic) bond motifs is 2. The van der Waals surface area contributed by atoms with E-state index in [4.69, 9.17) is 10.5 Å². The van der Waals surface area contributed by atoms with Crippen molar-refractivity contribution in [1.82, 2.24) is 0 Å². The number of benzene rings is 2. The minimum Gasteiger partial charge on any atom is -0.508 e. The summed E-state index contributed by atoms with van der Waals surface area (Å²) in [7, 11) is 0. The maximum atomic E-state index is 9.38. The van der Waals surface area contributed by atoms with Crippen molar-refractivity contribution in [2.24, 2.45) is 0 Å². The zero-order valence-electron chi connectivity index (χ0n) is 13.3. The molecule has 3 heteroatoms. The molecule has 0 spiro atoms. The fourth-order valence-corrected chi connectivity index (χ4v) is 3.33. The van der Waals surface area contributed by atoms with Crippen LogP contribution in [0.25, 0.3) is 0 Å². The van der Waals surface area contributed by atoms with Crippen molar-refractivity contribution in [3.8, 4) is 5.75 Å². The third kappa shape index (κ3) is 2.69. The Labute approximate surface area is 131 Å². The van der Waals surface area contributed by atoms with Crippen molar-refractivity contribution in [3.05, 3.63) is 57.6 Å². The maximum absolute atomic E-state index is 9.38. The predicted molar refractivity (Wildman–Crippen MR) is 89.0 cm³/mol. The quantitative estimate of drug-likeness (QED) is 0.727. The summed E-state index contributed by atoms with van der Waals surface area (Å²) < 4.78 is 5.22. The van der Waals surface area contributed by atoms with Crippen LogP contribution in [0.2, 0.25) is 0 Å². The second kappa shape index (κ2) is 6.01. The number of aryl methyl sites for hydroxylation is 2. The molecular weight excluding hydrogens is 274 g/mol. The van der Waals surface area contributed by atoms with Gasteiger partial charge in [-0.05, 0) is 73.1 Å². The van der Waals surface area contributed by atoms with Crippen LogP contribution in [0.5, 0.6) is 5.75 Å². The zero-order valence-corrected chi connectivity index (χ0v) is 13.3. The van der Waals surface area contributed by atoms with Gasteiger partial charge in [0.05, 0.1) is 13.2 Å². The highest BCUT2D eigenvalue weighted by Gasteiger charge is 2.16. The number of phenolic OH excluding ortho intramolecular Hbond substituents is 1. The fraction of sp³-hybridized carbons (Fsp3) is 0.368. The number of hydrogen-bond acceptors (Lipinski definition) is 3. The Hall–Kier alpha value is -2.00. The van der Waals surface area contributed by atoms with E-state index in [-0.39, 0.29) is 0 Å². The first-order valence-corrected chi connectivity index (χ1v) is 7.83. The van der Waals surface area contributed by atoms with Gasteiger partial charge < -0.3 is 15.6 Å². The Bertz CT molecular complexity index is 588. The molecule has 22 heavy (non-hydrogen) atoms. The molecule has 1 aliphatic heterocycles. The molecule has 0 unspecified atom stereocenters. The van der Waals surface area contributed by atoms with Crippen LogP contribution in [0.3, 0.4) is 0 Å². The summed E-state index contributed by atoms with van der Waals surface area (Å²) in [5.74, 6) is 0.364. The zero-order chi connectivity index (χ0) is 15.7. The van der Waals surface area contributed by atoms with E-state index in [0.717, 1.165) is 16.8 Å². The smallest absolute Gasteiger partial charge is 0.121 e. The standard InChI is InChI=1S/C10H13N.C9H10O2/c1-7-5-6-10(11)9-4-2-3-8(7)9;1-6-2-3-9(10)8-5-11-4-7(6)8/h5-6H,2-4,11H2,1H3;2-3,10H,4-5H2,1H3. The van der Waals surface area contributed by atoms with Crippen molar-refractivity contribution in [2.75, 3.05) is 5.73 Å². The highest BCUT2D eigenvalue weighted by atomic mass is 16.5. The number of phenols is 1. The molecule has 0 amide bonds. The van der Waals surface area contributed by atoms with Crippen LogP contribution in [0.1, 0.15) is 39.8 Å². The summed E-state index contributed by atoms with van der Waals surface area (Å²) in [6.07, 6.45) is 3.69. The molecule has 116 valence electrons. The van der Waals surface area contributed by atoms with E-state index in [1.165, 1.54) is 41.5 Å². The first-order valence-electron chi connectivity index (χ1n) is 7.83. The number of anilines is 1. The van der Waals surface area contributed by atoms with Crippen molar-refractivity contribution < 1.29 is 9.84 Å². The van der Waals surface area contributed by atoms with Gasteiger partial charge in [-0.25, -0.2) is 0 Å². The Balaban J connectivity index is 0.000000131. The molecule has 3 N–H and O–H groups in total. The summed E-state index contributed by atoms with van der Waals surface area (Å²) >= 11 is 0. The van der Waals surface area contributed by atoms with Crippen molar-refractivity contribution in [2.45, 2.75) is 46.3 Å². The molecule has 4 rings (SSSR count). The van der Waals surface area contributed by atoms with Gasteiger partial charge in [-0.3, -0.25) is 0 Å². The van der Waals surface area contributed by atoms with E-state index in [1.54, 1.807) is 6.07 Å². The van der Waals surface area contributed by atoms with Crippen LogP contribution >= 0.6 is 0 Å². The molecule has 0 bridgehead atoms. The van der Waals surface area contributed by atoms with E-state index in [0.29, 0.717) is 19.0 Å². The summed E-state index contributed by atoms with van der Waals surface area (Å²) in [5.41, 5.74) is 14.5. The molecule has 0 radical (unpaired) electrons. The van der Waals surface area contributed by atoms with Crippen LogP contribution in [0, 0.1) is 13.8 Å². The monoisotopic (exact) mass is 297 g/mol. The maximum Gasteiger partial charge on any atom is 0.121 e. The lowest BCUT2D eigenvalue weighted by Gasteiger charge is -2.05. The van der Waals surface area contributed by atoms with Gasteiger partial charge in [0, 0.05) is 11.3 Å². The number of rotatable bonds is 0. The molecule has 0 saturated heterocycles. The Kier molecular flexibility index (Phi) is 4.08. The van der Waals surface area contributed by atoms with Gasteiger partial charge in [-0.2, -0.15) is 0 Å². The third-order valence-corrected chi connectivity index (χ3v) is 4.69. The third-order valence-electron chi connectivity index (χ3n) is 4.69. The van der Waals surface area contributed by atoms with Gasteiger partial charge in [0.1, 0.15) is 5.75 Å².